The molecule has 0 saturated carbocycles. The summed E-state index contributed by atoms with van der Waals surface area (Å²) in [5.41, 5.74) is 6.77. The minimum atomic E-state index is -0.352. The van der Waals surface area contributed by atoms with E-state index in [0.29, 0.717) is 11.3 Å². The third kappa shape index (κ3) is 1.35. The molecule has 0 aliphatic rings. The number of fused-ring (bicyclic) bond motifs is 1. The van der Waals surface area contributed by atoms with Gasteiger partial charge in [0.25, 0.3) is 0 Å². The molecular formula is C10H8BrFN2. The third-order valence-corrected chi connectivity index (χ3v) is 2.80. The van der Waals surface area contributed by atoms with E-state index in [-0.39, 0.29) is 5.82 Å². The molecule has 2 N–H and O–H groups in total. The molecule has 2 rings (SSSR count). The normalized spacial score (nSPS) is 10.8. The van der Waals surface area contributed by atoms with E-state index in [9.17, 15) is 4.39 Å². The lowest BCUT2D eigenvalue weighted by atomic mass is 10.1. The Hall–Kier alpha value is -1.16. The van der Waals surface area contributed by atoms with E-state index in [1.807, 2.05) is 13.0 Å². The Morgan fingerprint density at radius 3 is 2.86 bits per heavy atom. The monoisotopic (exact) mass is 254 g/mol. The fourth-order valence-corrected chi connectivity index (χ4v) is 1.74. The number of halogens is 2. The number of hydrogen-bond acceptors (Lipinski definition) is 2. The fraction of sp³-hybridized carbons (Fsp3) is 0.100. The Labute approximate surface area is 89.1 Å². The highest BCUT2D eigenvalue weighted by Crippen LogP contribution is 2.27. The topological polar surface area (TPSA) is 38.9 Å². The molecule has 4 heteroatoms. The van der Waals surface area contributed by atoms with Crippen molar-refractivity contribution in [1.29, 1.82) is 0 Å². The molecule has 0 amide bonds. The number of anilines is 1. The first-order chi connectivity index (χ1) is 6.59. The van der Waals surface area contributed by atoms with Crippen molar-refractivity contribution in [2.75, 3.05) is 5.73 Å². The SMILES string of the molecule is Cc1cc2c(Br)ccc(F)c2nc1N. The molecule has 1 heterocycles. The van der Waals surface area contributed by atoms with Crippen LogP contribution < -0.4 is 5.73 Å². The molecule has 0 fully saturated rings. The maximum atomic E-state index is 13.3. The fourth-order valence-electron chi connectivity index (χ4n) is 1.31. The number of nitrogens with two attached hydrogens (primary N) is 1. The van der Waals surface area contributed by atoms with Crippen molar-refractivity contribution in [3.8, 4) is 0 Å². The standard InChI is InChI=1S/C10H8BrFN2/c1-5-4-6-7(11)2-3-8(12)9(6)14-10(5)13/h2-4H,1H3,(H2,13,14). The largest absolute Gasteiger partial charge is 0.383 e. The van der Waals surface area contributed by atoms with Crippen LogP contribution in [0.25, 0.3) is 10.9 Å². The second-order valence-corrected chi connectivity index (χ2v) is 3.97. The van der Waals surface area contributed by atoms with Crippen LogP contribution >= 0.6 is 15.9 Å². The van der Waals surface area contributed by atoms with Crippen LogP contribution in [-0.2, 0) is 0 Å². The number of nitrogens with zero attached hydrogens (tertiary/aromatic N) is 1. The summed E-state index contributed by atoms with van der Waals surface area (Å²) in [7, 11) is 0. The number of nitrogen functional groups attached to an aromatic ring is 1. The van der Waals surface area contributed by atoms with Crippen LogP contribution in [0.15, 0.2) is 22.7 Å². The highest BCUT2D eigenvalue weighted by atomic mass is 79.9. The molecule has 0 aliphatic carbocycles. The molecule has 0 bridgehead atoms. The minimum absolute atomic E-state index is 0.308. The van der Waals surface area contributed by atoms with Gasteiger partial charge < -0.3 is 5.73 Å². The van der Waals surface area contributed by atoms with E-state index in [1.54, 1.807) is 6.07 Å². The number of aromatic nitrogens is 1. The third-order valence-electron chi connectivity index (χ3n) is 2.11. The van der Waals surface area contributed by atoms with Crippen molar-refractivity contribution in [3.63, 3.8) is 0 Å². The van der Waals surface area contributed by atoms with Gasteiger partial charge in [-0.3, -0.25) is 0 Å². The Bertz CT molecular complexity index is 464. The van der Waals surface area contributed by atoms with Gasteiger partial charge in [0, 0.05) is 9.86 Å². The molecule has 2 aromatic rings. The maximum Gasteiger partial charge on any atom is 0.149 e. The average molecular weight is 255 g/mol. The van der Waals surface area contributed by atoms with Crippen LogP contribution in [0.4, 0.5) is 10.2 Å². The van der Waals surface area contributed by atoms with Gasteiger partial charge in [-0.25, -0.2) is 9.37 Å². The Morgan fingerprint density at radius 2 is 2.14 bits per heavy atom. The lowest BCUT2D eigenvalue weighted by Crippen LogP contribution is -1.96. The summed E-state index contributed by atoms with van der Waals surface area (Å²) >= 11 is 3.34. The average Bonchev–Trinajstić information content (AvgIpc) is 2.15. The summed E-state index contributed by atoms with van der Waals surface area (Å²) in [6, 6.07) is 4.86. The van der Waals surface area contributed by atoms with E-state index in [4.69, 9.17) is 5.73 Å². The van der Waals surface area contributed by atoms with Crippen molar-refractivity contribution in [2.24, 2.45) is 0 Å². The van der Waals surface area contributed by atoms with Gasteiger partial charge in [-0.15, -0.1) is 0 Å². The van der Waals surface area contributed by atoms with Gasteiger partial charge in [-0.2, -0.15) is 0 Å². The maximum absolute atomic E-state index is 13.3. The number of hydrogen-bond donors (Lipinski definition) is 1. The molecule has 0 saturated heterocycles. The molecule has 0 spiro atoms. The summed E-state index contributed by atoms with van der Waals surface area (Å²) in [5.74, 6) is 0.0180. The van der Waals surface area contributed by atoms with Crippen molar-refractivity contribution in [1.82, 2.24) is 4.98 Å². The molecular weight excluding hydrogens is 247 g/mol. The van der Waals surface area contributed by atoms with Crippen LogP contribution in [0.3, 0.4) is 0 Å². The predicted molar refractivity (Wildman–Crippen MR) is 58.6 cm³/mol. The van der Waals surface area contributed by atoms with Crippen LogP contribution in [0.2, 0.25) is 0 Å². The second kappa shape index (κ2) is 3.20. The molecule has 0 aliphatic heterocycles. The molecule has 2 nitrogen and oxygen atoms in total. The van der Waals surface area contributed by atoms with Crippen molar-refractivity contribution < 1.29 is 4.39 Å². The van der Waals surface area contributed by atoms with Crippen LogP contribution in [-0.4, -0.2) is 4.98 Å². The van der Waals surface area contributed by atoms with Crippen LogP contribution in [0.5, 0.6) is 0 Å². The molecule has 14 heavy (non-hydrogen) atoms. The van der Waals surface area contributed by atoms with Crippen LogP contribution in [0.1, 0.15) is 5.56 Å². The first-order valence-corrected chi connectivity index (χ1v) is 4.89. The van der Waals surface area contributed by atoms with Crippen LogP contribution in [0, 0.1) is 12.7 Å². The van der Waals surface area contributed by atoms with Gasteiger partial charge >= 0.3 is 0 Å². The number of benzene rings is 1. The molecule has 1 aromatic carbocycles. The summed E-state index contributed by atoms with van der Waals surface area (Å²) in [6.45, 7) is 1.85. The number of rotatable bonds is 0. The van der Waals surface area contributed by atoms with E-state index >= 15 is 0 Å². The van der Waals surface area contributed by atoms with Gasteiger partial charge in [0.2, 0.25) is 0 Å². The summed E-state index contributed by atoms with van der Waals surface area (Å²) in [5, 5.41) is 0.747. The van der Waals surface area contributed by atoms with Gasteiger partial charge in [-0.1, -0.05) is 15.9 Å². The zero-order chi connectivity index (χ0) is 10.3. The minimum Gasteiger partial charge on any atom is -0.383 e. The summed E-state index contributed by atoms with van der Waals surface area (Å²) < 4.78 is 14.2. The Balaban J connectivity index is 2.94. The molecule has 72 valence electrons. The summed E-state index contributed by atoms with van der Waals surface area (Å²) in [4.78, 5) is 4.01. The lowest BCUT2D eigenvalue weighted by molar-refractivity contribution is 0.636. The van der Waals surface area contributed by atoms with Gasteiger partial charge in [0.15, 0.2) is 0 Å². The highest BCUT2D eigenvalue weighted by molar-refractivity contribution is 9.10. The first-order valence-electron chi connectivity index (χ1n) is 4.10. The van der Waals surface area contributed by atoms with Gasteiger partial charge in [-0.05, 0) is 30.7 Å². The van der Waals surface area contributed by atoms with E-state index < -0.39 is 0 Å². The van der Waals surface area contributed by atoms with E-state index in [1.165, 1.54) is 6.07 Å². The summed E-state index contributed by atoms with van der Waals surface area (Å²) in [6.07, 6.45) is 0. The molecule has 1 aromatic heterocycles. The zero-order valence-corrected chi connectivity index (χ0v) is 9.10. The highest BCUT2D eigenvalue weighted by Gasteiger charge is 2.07. The zero-order valence-electron chi connectivity index (χ0n) is 7.51. The first kappa shape index (κ1) is 9.40. The van der Waals surface area contributed by atoms with E-state index in [2.05, 4.69) is 20.9 Å². The number of aryl methyl sites for hydroxylation is 1. The molecule has 0 atom stereocenters. The molecule has 0 unspecified atom stereocenters. The van der Waals surface area contributed by atoms with Crippen molar-refractivity contribution in [3.05, 3.63) is 34.1 Å². The van der Waals surface area contributed by atoms with Crippen molar-refractivity contribution in [2.45, 2.75) is 6.92 Å². The van der Waals surface area contributed by atoms with E-state index in [0.717, 1.165) is 15.4 Å². The smallest absolute Gasteiger partial charge is 0.149 e. The quantitative estimate of drug-likeness (QED) is 0.785. The molecule has 0 radical (unpaired) electrons. The Morgan fingerprint density at radius 1 is 1.43 bits per heavy atom. The van der Waals surface area contributed by atoms with Crippen molar-refractivity contribution >= 4 is 32.7 Å². The van der Waals surface area contributed by atoms with Gasteiger partial charge in [0.1, 0.15) is 17.2 Å². The Kier molecular flexibility index (Phi) is 2.15. The predicted octanol–water partition coefficient (Wildman–Crippen LogP) is 3.03. The number of pyridine rings is 1. The lowest BCUT2D eigenvalue weighted by Gasteiger charge is -2.05. The second-order valence-electron chi connectivity index (χ2n) is 3.12. The van der Waals surface area contributed by atoms with Gasteiger partial charge in [0.05, 0.1) is 0 Å².